The van der Waals surface area contributed by atoms with Gasteiger partial charge in [0.2, 0.25) is 11.8 Å². The summed E-state index contributed by atoms with van der Waals surface area (Å²) >= 11 is 1.33. The molecule has 1 fully saturated rings. The first kappa shape index (κ1) is 15.3. The molecule has 0 saturated carbocycles. The molecular formula is C11H15N5O4S. The Hall–Kier alpha value is -2.10. The minimum absolute atomic E-state index is 0.00166. The Labute approximate surface area is 124 Å². The van der Waals surface area contributed by atoms with Gasteiger partial charge in [-0.05, 0) is 0 Å². The third-order valence-corrected chi connectivity index (χ3v) is 4.00. The van der Waals surface area contributed by atoms with Crippen LogP contribution in [0.3, 0.4) is 0 Å². The summed E-state index contributed by atoms with van der Waals surface area (Å²) in [7, 11) is 0. The number of hydrogen-bond acceptors (Lipinski definition) is 6. The van der Waals surface area contributed by atoms with Gasteiger partial charge in [-0.1, -0.05) is 5.21 Å². The number of amides is 2. The van der Waals surface area contributed by atoms with Crippen LogP contribution in [-0.2, 0) is 9.59 Å². The van der Waals surface area contributed by atoms with Crippen molar-refractivity contribution < 1.29 is 19.5 Å². The van der Waals surface area contributed by atoms with Gasteiger partial charge in [-0.2, -0.15) is 11.8 Å². The number of carboxylic acid groups (broad SMARTS) is 1. The number of carbonyl (C=O) groups excluding carboxylic acids is 2. The van der Waals surface area contributed by atoms with Crippen LogP contribution >= 0.6 is 11.8 Å². The molecule has 1 aliphatic heterocycles. The Kier molecular flexibility index (Phi) is 4.78. The number of aromatic carboxylic acids is 1. The lowest BCUT2D eigenvalue weighted by atomic mass is 10.1. The van der Waals surface area contributed by atoms with Crippen molar-refractivity contribution in [2.75, 3.05) is 24.6 Å². The first-order chi connectivity index (χ1) is 9.97. The number of nitrogens with two attached hydrogens (primary N) is 1. The van der Waals surface area contributed by atoms with E-state index in [1.54, 1.807) is 4.90 Å². The standard InChI is InChI=1S/C11H15N5O4S/c12-9(17)6-21-2-1-10(18)15-3-7(4-15)16-5-8(11(19)20)13-14-16/h5,7H,1-4,6H2,(H2,12,17)(H,19,20). The van der Waals surface area contributed by atoms with E-state index in [-0.39, 0.29) is 23.4 Å². The minimum Gasteiger partial charge on any atom is -0.476 e. The average Bonchev–Trinajstić information content (AvgIpc) is 2.82. The average molecular weight is 313 g/mol. The molecule has 21 heavy (non-hydrogen) atoms. The molecule has 2 heterocycles. The third kappa shape index (κ3) is 3.94. The molecule has 10 heteroatoms. The summed E-state index contributed by atoms with van der Waals surface area (Å²) in [5.74, 6) is -0.749. The highest BCUT2D eigenvalue weighted by Gasteiger charge is 2.32. The van der Waals surface area contributed by atoms with Gasteiger partial charge < -0.3 is 15.7 Å². The Morgan fingerprint density at radius 2 is 2.14 bits per heavy atom. The Balaban J connectivity index is 1.71. The topological polar surface area (TPSA) is 131 Å². The van der Waals surface area contributed by atoms with Gasteiger partial charge in [0.15, 0.2) is 5.69 Å². The minimum atomic E-state index is -1.13. The number of nitrogens with zero attached hydrogens (tertiary/aromatic N) is 4. The summed E-state index contributed by atoms with van der Waals surface area (Å²) in [6.45, 7) is 0.976. The molecule has 114 valence electrons. The first-order valence-corrected chi connectivity index (χ1v) is 7.42. The molecule has 0 spiro atoms. The van der Waals surface area contributed by atoms with Gasteiger partial charge in [0.25, 0.3) is 0 Å². The highest BCUT2D eigenvalue weighted by atomic mass is 32.2. The van der Waals surface area contributed by atoms with Gasteiger partial charge in [0.05, 0.1) is 18.0 Å². The summed E-state index contributed by atoms with van der Waals surface area (Å²) in [5.41, 5.74) is 4.89. The van der Waals surface area contributed by atoms with Crippen molar-refractivity contribution in [1.29, 1.82) is 0 Å². The molecule has 1 aromatic rings. The Bertz CT molecular complexity index is 555. The summed E-state index contributed by atoms with van der Waals surface area (Å²) < 4.78 is 1.47. The lowest BCUT2D eigenvalue weighted by Gasteiger charge is -2.38. The molecule has 3 N–H and O–H groups in total. The Morgan fingerprint density at radius 3 is 2.71 bits per heavy atom. The molecule has 0 aromatic carbocycles. The molecule has 1 aliphatic rings. The molecule has 9 nitrogen and oxygen atoms in total. The normalized spacial score (nSPS) is 14.8. The van der Waals surface area contributed by atoms with Crippen LogP contribution in [0.25, 0.3) is 0 Å². The van der Waals surface area contributed by atoms with Crippen LogP contribution in [-0.4, -0.2) is 67.4 Å². The lowest BCUT2D eigenvalue weighted by molar-refractivity contribution is -0.136. The van der Waals surface area contributed by atoms with E-state index in [0.29, 0.717) is 25.3 Å². The lowest BCUT2D eigenvalue weighted by Crippen LogP contribution is -2.51. The molecule has 2 rings (SSSR count). The molecular weight excluding hydrogens is 298 g/mol. The summed E-state index contributed by atoms with van der Waals surface area (Å²) in [4.78, 5) is 34.7. The van der Waals surface area contributed by atoms with Crippen LogP contribution in [0.1, 0.15) is 23.0 Å². The highest BCUT2D eigenvalue weighted by Crippen LogP contribution is 2.21. The van der Waals surface area contributed by atoms with Crippen LogP contribution in [0.4, 0.5) is 0 Å². The maximum absolute atomic E-state index is 11.8. The van der Waals surface area contributed by atoms with E-state index in [4.69, 9.17) is 10.8 Å². The van der Waals surface area contributed by atoms with Gasteiger partial charge in [-0.25, -0.2) is 9.48 Å². The summed E-state index contributed by atoms with van der Waals surface area (Å²) in [6, 6.07) is -0.0344. The maximum atomic E-state index is 11.8. The second kappa shape index (κ2) is 6.57. The number of likely N-dealkylation sites (tertiary alicyclic amines) is 1. The number of thioether (sulfide) groups is 1. The van der Waals surface area contributed by atoms with Gasteiger partial charge in [-0.3, -0.25) is 9.59 Å². The zero-order valence-corrected chi connectivity index (χ0v) is 12.0. The van der Waals surface area contributed by atoms with Crippen molar-refractivity contribution >= 4 is 29.5 Å². The van der Waals surface area contributed by atoms with E-state index in [0.717, 1.165) is 0 Å². The van der Waals surface area contributed by atoms with Gasteiger partial charge in [-0.15, -0.1) is 5.10 Å². The van der Waals surface area contributed by atoms with Crippen LogP contribution in [0.15, 0.2) is 6.20 Å². The number of hydrogen-bond donors (Lipinski definition) is 2. The molecule has 2 amide bonds. The predicted octanol–water partition coefficient (Wildman–Crippen LogP) is -1.03. The Morgan fingerprint density at radius 1 is 1.43 bits per heavy atom. The van der Waals surface area contributed by atoms with Gasteiger partial charge in [0, 0.05) is 25.3 Å². The fourth-order valence-electron chi connectivity index (χ4n) is 1.87. The smallest absolute Gasteiger partial charge is 0.358 e. The second-order valence-electron chi connectivity index (χ2n) is 4.61. The van der Waals surface area contributed by atoms with Crippen molar-refractivity contribution in [2.24, 2.45) is 5.73 Å². The van der Waals surface area contributed by atoms with E-state index in [1.165, 1.54) is 22.6 Å². The van der Waals surface area contributed by atoms with Crippen LogP contribution < -0.4 is 5.73 Å². The predicted molar refractivity (Wildman–Crippen MR) is 73.7 cm³/mol. The molecule has 0 aliphatic carbocycles. The number of rotatable bonds is 7. The van der Waals surface area contributed by atoms with E-state index in [9.17, 15) is 14.4 Å². The SMILES string of the molecule is NC(=O)CSCCC(=O)N1CC(n2cc(C(=O)O)nn2)C1. The molecule has 0 unspecified atom stereocenters. The summed E-state index contributed by atoms with van der Waals surface area (Å²) in [5, 5.41) is 16.0. The summed E-state index contributed by atoms with van der Waals surface area (Å²) in [6.07, 6.45) is 1.71. The third-order valence-electron chi connectivity index (χ3n) is 3.02. The van der Waals surface area contributed by atoms with Crippen LogP contribution in [0.2, 0.25) is 0 Å². The monoisotopic (exact) mass is 313 g/mol. The quantitative estimate of drug-likeness (QED) is 0.615. The van der Waals surface area contributed by atoms with E-state index < -0.39 is 11.9 Å². The second-order valence-corrected chi connectivity index (χ2v) is 5.72. The molecule has 1 saturated heterocycles. The zero-order chi connectivity index (χ0) is 15.4. The molecule has 0 bridgehead atoms. The first-order valence-electron chi connectivity index (χ1n) is 6.26. The maximum Gasteiger partial charge on any atom is 0.358 e. The van der Waals surface area contributed by atoms with Crippen molar-refractivity contribution in [3.63, 3.8) is 0 Å². The van der Waals surface area contributed by atoms with Crippen molar-refractivity contribution in [1.82, 2.24) is 19.9 Å². The van der Waals surface area contributed by atoms with E-state index in [2.05, 4.69) is 10.3 Å². The molecule has 1 aromatic heterocycles. The molecule has 0 radical (unpaired) electrons. The number of carbonyl (C=O) groups is 3. The van der Waals surface area contributed by atoms with Gasteiger partial charge >= 0.3 is 5.97 Å². The van der Waals surface area contributed by atoms with E-state index >= 15 is 0 Å². The fraction of sp³-hybridized carbons (Fsp3) is 0.545. The van der Waals surface area contributed by atoms with Crippen molar-refractivity contribution in [3.8, 4) is 0 Å². The zero-order valence-electron chi connectivity index (χ0n) is 11.1. The highest BCUT2D eigenvalue weighted by molar-refractivity contribution is 7.99. The van der Waals surface area contributed by atoms with Crippen molar-refractivity contribution in [3.05, 3.63) is 11.9 Å². The number of aromatic nitrogens is 3. The largest absolute Gasteiger partial charge is 0.476 e. The van der Waals surface area contributed by atoms with Crippen LogP contribution in [0.5, 0.6) is 0 Å². The number of primary amides is 1. The van der Waals surface area contributed by atoms with Crippen molar-refractivity contribution in [2.45, 2.75) is 12.5 Å². The van der Waals surface area contributed by atoms with Gasteiger partial charge in [0.1, 0.15) is 0 Å². The van der Waals surface area contributed by atoms with Crippen LogP contribution in [0, 0.1) is 0 Å². The van der Waals surface area contributed by atoms with E-state index in [1.807, 2.05) is 0 Å². The fourth-order valence-corrected chi connectivity index (χ4v) is 2.53. The number of carboxylic acids is 1. The molecule has 0 atom stereocenters.